The molecule has 1 aromatic carbocycles. The molecule has 2 aromatic rings. The fourth-order valence-electron chi connectivity index (χ4n) is 9.38. The van der Waals surface area contributed by atoms with Crippen molar-refractivity contribution in [3.05, 3.63) is 54.6 Å². The lowest BCUT2D eigenvalue weighted by Crippen LogP contribution is -2.59. The Morgan fingerprint density at radius 1 is 0.829 bits per heavy atom. The van der Waals surface area contributed by atoms with Crippen molar-refractivity contribution in [3.63, 3.8) is 0 Å². The quantitative estimate of drug-likeness (QED) is 0.112. The van der Waals surface area contributed by atoms with Gasteiger partial charge < -0.3 is 51.1 Å². The molecule has 1 aromatic heterocycles. The Morgan fingerprint density at radius 2 is 1.50 bits per heavy atom. The van der Waals surface area contributed by atoms with Gasteiger partial charge >= 0.3 is 6.09 Å². The summed E-state index contributed by atoms with van der Waals surface area (Å²) in [6.07, 6.45) is 11.4. The van der Waals surface area contributed by atoms with E-state index in [0.29, 0.717) is 31.4 Å². The molecule has 0 bridgehead atoms. The highest BCUT2D eigenvalue weighted by molar-refractivity contribution is 6.01. The Bertz CT molecular complexity index is 2090. The lowest BCUT2D eigenvalue weighted by molar-refractivity contribution is -0.135. The van der Waals surface area contributed by atoms with Gasteiger partial charge in [-0.25, -0.2) is 9.78 Å². The maximum Gasteiger partial charge on any atom is 0.410 e. The Hall–Kier alpha value is -6.18. The number of hydrogen-bond donors (Lipinski definition) is 6. The molecule has 3 fully saturated rings. The van der Waals surface area contributed by atoms with Crippen molar-refractivity contribution < 1.29 is 48.2 Å². The number of aromatic nitrogens is 2. The van der Waals surface area contributed by atoms with E-state index in [1.54, 1.807) is 72.1 Å². The molecule has 2 heterocycles. The van der Waals surface area contributed by atoms with E-state index in [1.165, 1.54) is 33.3 Å². The van der Waals surface area contributed by atoms with Gasteiger partial charge in [0.1, 0.15) is 29.9 Å². The van der Waals surface area contributed by atoms with Gasteiger partial charge in [-0.3, -0.25) is 38.5 Å². The van der Waals surface area contributed by atoms with Gasteiger partial charge in [0.25, 0.3) is 11.8 Å². The second-order valence-electron chi connectivity index (χ2n) is 20.0. The van der Waals surface area contributed by atoms with Crippen LogP contribution in [-0.2, 0) is 33.5 Å². The summed E-state index contributed by atoms with van der Waals surface area (Å²) >= 11 is 0. The molecular formula is C50H74N10O10. The van der Waals surface area contributed by atoms with Crippen LogP contribution >= 0.6 is 0 Å². The maximum atomic E-state index is 14.7. The van der Waals surface area contributed by atoms with Crippen molar-refractivity contribution in [3.8, 4) is 0 Å². The summed E-state index contributed by atoms with van der Waals surface area (Å²) in [4.78, 5) is 122. The average Bonchev–Trinajstić information content (AvgIpc) is 3.77. The first-order valence-corrected chi connectivity index (χ1v) is 24.8. The van der Waals surface area contributed by atoms with Gasteiger partial charge in [-0.05, 0) is 70.4 Å². The molecule has 0 spiro atoms. The number of para-hydroxylation sites is 1. The minimum Gasteiger partial charge on any atom is -0.444 e. The summed E-state index contributed by atoms with van der Waals surface area (Å²) in [6.45, 7) is 5.76. The molecule has 0 unspecified atom stereocenters. The van der Waals surface area contributed by atoms with Gasteiger partial charge in [-0.1, -0.05) is 82.9 Å². The van der Waals surface area contributed by atoms with Crippen LogP contribution in [0.15, 0.2) is 48.9 Å². The fraction of sp³-hybridized carbons (Fsp3) is 0.640. The molecule has 6 N–H and O–H groups in total. The number of carbonyl (C=O) groups excluding carboxylic acids is 8. The number of aliphatic hydroxyl groups excluding tert-OH is 1. The lowest BCUT2D eigenvalue weighted by Gasteiger charge is -2.33. The molecule has 1 saturated heterocycles. The van der Waals surface area contributed by atoms with Crippen LogP contribution in [0.3, 0.4) is 0 Å². The predicted molar refractivity (Wildman–Crippen MR) is 260 cm³/mol. The molecule has 5 rings (SSSR count). The standard InChI is InChI=1S/C50H74N10O10/c1-7-17-36(43(63)48(68)53-28-40(61)60(31-41(62)58(5)6)34-22-15-10-16-23-34)54-44(64)35-29-59(49(69)70-50(2,3)4)30-39(35)56-45(65)37(26-32-18-11-8-12-19-32)55-47(67)42(33-20-13-9-14-21-33)57-46(66)38-27-51-24-25-52-38/h10,15-16,22-25,27,32-33,35-37,39,42-43,63H,7-9,11-14,17-21,26,28-31H2,1-6H3,(H,53,68)(H,54,64)(H,55,67)(H,56,65)(H,57,66)/t35-,36+,37+,39+,42+,43+/m1/s1. The van der Waals surface area contributed by atoms with Crippen molar-refractivity contribution in [2.45, 2.75) is 147 Å². The third kappa shape index (κ3) is 16.2. The van der Waals surface area contributed by atoms with Gasteiger partial charge in [0.05, 0.1) is 30.7 Å². The van der Waals surface area contributed by atoms with E-state index in [4.69, 9.17) is 4.74 Å². The molecule has 8 amide bonds. The second-order valence-corrected chi connectivity index (χ2v) is 20.0. The number of benzene rings is 1. The van der Waals surface area contributed by atoms with Crippen LogP contribution in [0.1, 0.15) is 122 Å². The van der Waals surface area contributed by atoms with Crippen molar-refractivity contribution in [1.29, 1.82) is 0 Å². The number of nitrogens with one attached hydrogen (secondary N) is 5. The highest BCUT2D eigenvalue weighted by Gasteiger charge is 2.44. The van der Waals surface area contributed by atoms with E-state index in [0.717, 1.165) is 51.4 Å². The molecule has 70 heavy (non-hydrogen) atoms. The minimum absolute atomic E-state index is 0.0530. The number of hydrogen-bond acceptors (Lipinski definition) is 12. The zero-order chi connectivity index (χ0) is 51.0. The third-order valence-electron chi connectivity index (χ3n) is 13.2. The van der Waals surface area contributed by atoms with Gasteiger partial charge in [0, 0.05) is 45.3 Å². The fourth-order valence-corrected chi connectivity index (χ4v) is 9.38. The zero-order valence-corrected chi connectivity index (χ0v) is 41.6. The Balaban J connectivity index is 1.34. The van der Waals surface area contributed by atoms with Crippen molar-refractivity contribution >= 4 is 53.1 Å². The number of likely N-dealkylation sites (N-methyl/N-ethyl adjacent to an activating group) is 1. The summed E-state index contributed by atoms with van der Waals surface area (Å²) in [5.74, 6) is -5.36. The average molecular weight is 975 g/mol. The van der Waals surface area contributed by atoms with E-state index < -0.39 is 89.9 Å². The van der Waals surface area contributed by atoms with Crippen LogP contribution in [0, 0.1) is 17.8 Å². The first-order chi connectivity index (χ1) is 33.3. The van der Waals surface area contributed by atoms with E-state index in [1.807, 2.05) is 0 Å². The van der Waals surface area contributed by atoms with Crippen LogP contribution in [0.25, 0.3) is 0 Å². The largest absolute Gasteiger partial charge is 0.444 e. The lowest BCUT2D eigenvalue weighted by atomic mass is 9.82. The number of carbonyl (C=O) groups is 8. The number of aliphatic hydroxyl groups is 1. The number of ether oxygens (including phenoxy) is 1. The number of amides is 8. The highest BCUT2D eigenvalue weighted by Crippen LogP contribution is 2.30. The summed E-state index contributed by atoms with van der Waals surface area (Å²) in [6, 6.07) is 4.31. The molecule has 3 aliphatic rings. The minimum atomic E-state index is -1.82. The first kappa shape index (κ1) is 54.8. The molecule has 384 valence electrons. The normalized spacial score (nSPS) is 19.3. The summed E-state index contributed by atoms with van der Waals surface area (Å²) < 4.78 is 5.66. The summed E-state index contributed by atoms with van der Waals surface area (Å²) in [5.41, 5.74) is -0.396. The van der Waals surface area contributed by atoms with E-state index in [-0.39, 0.29) is 49.5 Å². The third-order valence-corrected chi connectivity index (χ3v) is 13.2. The molecule has 20 nitrogen and oxygen atoms in total. The monoisotopic (exact) mass is 975 g/mol. The molecule has 0 radical (unpaired) electrons. The molecule has 2 saturated carbocycles. The van der Waals surface area contributed by atoms with Crippen molar-refractivity contribution in [1.82, 2.24) is 46.4 Å². The maximum absolute atomic E-state index is 14.7. The molecule has 2 aliphatic carbocycles. The van der Waals surface area contributed by atoms with Gasteiger partial charge in [-0.2, -0.15) is 0 Å². The first-order valence-electron chi connectivity index (χ1n) is 24.8. The van der Waals surface area contributed by atoms with Gasteiger partial charge in [-0.15, -0.1) is 0 Å². The van der Waals surface area contributed by atoms with Crippen LogP contribution in [0.2, 0.25) is 0 Å². The van der Waals surface area contributed by atoms with Crippen molar-refractivity contribution in [2.24, 2.45) is 17.8 Å². The second kappa shape index (κ2) is 26.1. The predicted octanol–water partition coefficient (Wildman–Crippen LogP) is 2.85. The molecule has 1 aliphatic heterocycles. The highest BCUT2D eigenvalue weighted by atomic mass is 16.6. The number of anilines is 1. The van der Waals surface area contributed by atoms with E-state index >= 15 is 0 Å². The Morgan fingerprint density at radius 3 is 2.11 bits per heavy atom. The van der Waals surface area contributed by atoms with Crippen molar-refractivity contribution in [2.75, 3.05) is 45.2 Å². The molecular weight excluding hydrogens is 901 g/mol. The number of likely N-dealkylation sites (tertiary alicyclic amines) is 1. The summed E-state index contributed by atoms with van der Waals surface area (Å²) in [7, 11) is 3.12. The Labute approximate surface area is 411 Å². The molecule has 6 atom stereocenters. The van der Waals surface area contributed by atoms with Crippen LogP contribution in [-0.4, -0.2) is 148 Å². The van der Waals surface area contributed by atoms with Crippen LogP contribution in [0.5, 0.6) is 0 Å². The van der Waals surface area contributed by atoms with Crippen LogP contribution < -0.4 is 31.5 Å². The van der Waals surface area contributed by atoms with Gasteiger partial charge in [0.2, 0.25) is 29.5 Å². The topological polar surface area (TPSA) is 262 Å². The summed E-state index contributed by atoms with van der Waals surface area (Å²) in [5, 5.41) is 25.5. The van der Waals surface area contributed by atoms with E-state index in [9.17, 15) is 43.5 Å². The number of rotatable bonds is 20. The SMILES string of the molecule is CCC[C@H](NC(=O)[C@@H]1CN(C(=O)OC(C)(C)C)C[C@@H]1NC(=O)[C@H](CC1CCCCC1)NC(=O)[C@@H](NC(=O)c1cnccn1)C1CCCCC1)[C@H](O)C(=O)NCC(=O)N(CC(=O)N(C)C)c1ccccc1. The van der Waals surface area contributed by atoms with Gasteiger partial charge in [0.15, 0.2) is 6.10 Å². The molecule has 20 heteroatoms. The van der Waals surface area contributed by atoms with E-state index in [2.05, 4.69) is 36.6 Å². The smallest absolute Gasteiger partial charge is 0.410 e. The Kier molecular flexibility index (Phi) is 20.5. The van der Waals surface area contributed by atoms with Crippen LogP contribution in [0.4, 0.5) is 10.5 Å². The number of nitrogens with zero attached hydrogens (tertiary/aromatic N) is 5. The zero-order valence-electron chi connectivity index (χ0n) is 41.6.